The highest BCUT2D eigenvalue weighted by atomic mass is 14.9. The molecule has 0 unspecified atom stereocenters. The first-order valence-corrected chi connectivity index (χ1v) is 3.16. The molecule has 0 aliphatic heterocycles. The van der Waals surface area contributed by atoms with Gasteiger partial charge >= 0.3 is 0 Å². The third-order valence-electron chi connectivity index (χ3n) is 2.30. The van der Waals surface area contributed by atoms with Crippen LogP contribution in [0.2, 0.25) is 0 Å². The van der Waals surface area contributed by atoms with Gasteiger partial charge in [-0.2, -0.15) is 0 Å². The molecule has 0 heterocycles. The van der Waals surface area contributed by atoms with Crippen LogP contribution in [0.3, 0.4) is 0 Å². The normalized spacial score (nSPS) is 25.5. The van der Waals surface area contributed by atoms with E-state index in [-0.39, 0.29) is 11.6 Å². The van der Waals surface area contributed by atoms with E-state index in [0.717, 1.165) is 0 Å². The maximum atomic E-state index is 5.51. The molecule has 2 nitrogen and oxygen atoms in total. The molecule has 1 fully saturated rings. The van der Waals surface area contributed by atoms with Crippen LogP contribution in [0.5, 0.6) is 0 Å². The summed E-state index contributed by atoms with van der Waals surface area (Å²) < 4.78 is 0. The Morgan fingerprint density at radius 2 is 1.88 bits per heavy atom. The standard InChI is InChI=1S/C6H14N2/c1-6(5(7)8)3-2-4-6/h5H,2-4,7-8H2,1H3. The Morgan fingerprint density at radius 3 is 1.88 bits per heavy atom. The topological polar surface area (TPSA) is 52.0 Å². The molecule has 0 spiro atoms. The summed E-state index contributed by atoms with van der Waals surface area (Å²) in [5.41, 5.74) is 11.3. The second kappa shape index (κ2) is 1.71. The van der Waals surface area contributed by atoms with E-state index >= 15 is 0 Å². The molecule has 2 heteroatoms. The molecule has 0 radical (unpaired) electrons. The molecule has 0 aromatic rings. The van der Waals surface area contributed by atoms with Gasteiger partial charge in [0.05, 0.1) is 6.17 Å². The van der Waals surface area contributed by atoms with Gasteiger partial charge in [-0.1, -0.05) is 13.3 Å². The third-order valence-corrected chi connectivity index (χ3v) is 2.30. The Hall–Kier alpha value is -0.0800. The van der Waals surface area contributed by atoms with Gasteiger partial charge in [-0.15, -0.1) is 0 Å². The lowest BCUT2D eigenvalue weighted by molar-refractivity contribution is 0.122. The Kier molecular flexibility index (Phi) is 1.29. The third kappa shape index (κ3) is 0.740. The minimum atomic E-state index is -0.101. The van der Waals surface area contributed by atoms with Crippen LogP contribution >= 0.6 is 0 Å². The molecule has 0 atom stereocenters. The lowest BCUT2D eigenvalue weighted by Gasteiger charge is -2.41. The summed E-state index contributed by atoms with van der Waals surface area (Å²) in [4.78, 5) is 0. The zero-order chi connectivity index (χ0) is 6.20. The fourth-order valence-corrected chi connectivity index (χ4v) is 1.07. The SMILES string of the molecule is CC1(C(N)N)CCC1. The summed E-state index contributed by atoms with van der Waals surface area (Å²) in [6.45, 7) is 2.15. The second-order valence-electron chi connectivity index (χ2n) is 3.03. The van der Waals surface area contributed by atoms with Crippen molar-refractivity contribution in [3.05, 3.63) is 0 Å². The van der Waals surface area contributed by atoms with Gasteiger partial charge in [0.15, 0.2) is 0 Å². The van der Waals surface area contributed by atoms with Crippen molar-refractivity contribution in [2.24, 2.45) is 16.9 Å². The predicted octanol–water partition coefficient (Wildman–Crippen LogP) is 0.420. The molecule has 0 aromatic carbocycles. The van der Waals surface area contributed by atoms with Gasteiger partial charge in [0.2, 0.25) is 0 Å². The molecule has 1 aliphatic rings. The quantitative estimate of drug-likeness (QED) is 0.485. The molecule has 4 N–H and O–H groups in total. The molecule has 1 rings (SSSR count). The van der Waals surface area contributed by atoms with Crippen LogP contribution in [0.1, 0.15) is 26.2 Å². The minimum absolute atomic E-state index is 0.101. The van der Waals surface area contributed by atoms with Gasteiger partial charge in [0.1, 0.15) is 0 Å². The Balaban J connectivity index is 2.41. The highest BCUT2D eigenvalue weighted by Gasteiger charge is 2.35. The highest BCUT2D eigenvalue weighted by Crippen LogP contribution is 2.40. The number of hydrogen-bond acceptors (Lipinski definition) is 2. The van der Waals surface area contributed by atoms with Crippen molar-refractivity contribution in [1.82, 2.24) is 0 Å². The van der Waals surface area contributed by atoms with Gasteiger partial charge in [0.25, 0.3) is 0 Å². The number of rotatable bonds is 1. The van der Waals surface area contributed by atoms with E-state index in [9.17, 15) is 0 Å². The maximum absolute atomic E-state index is 5.51. The molecule has 1 aliphatic carbocycles. The first-order chi connectivity index (χ1) is 3.65. The monoisotopic (exact) mass is 114 g/mol. The van der Waals surface area contributed by atoms with Crippen LogP contribution in [-0.4, -0.2) is 6.17 Å². The van der Waals surface area contributed by atoms with E-state index in [0.29, 0.717) is 0 Å². The van der Waals surface area contributed by atoms with Gasteiger partial charge < -0.3 is 11.5 Å². The minimum Gasteiger partial charge on any atom is -0.316 e. The van der Waals surface area contributed by atoms with Crippen LogP contribution in [0, 0.1) is 5.41 Å². The lowest BCUT2D eigenvalue weighted by Crippen LogP contribution is -2.50. The van der Waals surface area contributed by atoms with Crippen molar-refractivity contribution in [2.45, 2.75) is 32.4 Å². The van der Waals surface area contributed by atoms with Crippen LogP contribution in [0.15, 0.2) is 0 Å². The van der Waals surface area contributed by atoms with Crippen molar-refractivity contribution >= 4 is 0 Å². The smallest absolute Gasteiger partial charge is 0.0576 e. The fraction of sp³-hybridized carbons (Fsp3) is 1.00. The van der Waals surface area contributed by atoms with Crippen molar-refractivity contribution < 1.29 is 0 Å². The Labute approximate surface area is 50.2 Å². The Morgan fingerprint density at radius 1 is 1.38 bits per heavy atom. The summed E-state index contributed by atoms with van der Waals surface area (Å²) in [5, 5.41) is 0. The van der Waals surface area contributed by atoms with E-state index < -0.39 is 0 Å². The molecular weight excluding hydrogens is 100 g/mol. The molecule has 0 amide bonds. The van der Waals surface area contributed by atoms with E-state index in [1.54, 1.807) is 0 Å². The average molecular weight is 114 g/mol. The largest absolute Gasteiger partial charge is 0.316 e. The summed E-state index contributed by atoms with van der Waals surface area (Å²) in [6.07, 6.45) is 3.63. The molecule has 0 aromatic heterocycles. The van der Waals surface area contributed by atoms with Crippen LogP contribution in [0.4, 0.5) is 0 Å². The summed E-state index contributed by atoms with van der Waals surface area (Å²) in [7, 11) is 0. The van der Waals surface area contributed by atoms with Gasteiger partial charge in [-0.25, -0.2) is 0 Å². The van der Waals surface area contributed by atoms with Crippen LogP contribution in [0.25, 0.3) is 0 Å². The van der Waals surface area contributed by atoms with E-state index in [2.05, 4.69) is 6.92 Å². The first-order valence-electron chi connectivity index (χ1n) is 3.16. The maximum Gasteiger partial charge on any atom is 0.0576 e. The first kappa shape index (κ1) is 6.05. The van der Waals surface area contributed by atoms with Crippen molar-refractivity contribution in [3.8, 4) is 0 Å². The van der Waals surface area contributed by atoms with Crippen molar-refractivity contribution in [3.63, 3.8) is 0 Å². The van der Waals surface area contributed by atoms with E-state index in [1.807, 2.05) is 0 Å². The molecule has 1 saturated carbocycles. The second-order valence-corrected chi connectivity index (χ2v) is 3.03. The zero-order valence-corrected chi connectivity index (χ0v) is 5.35. The molecular formula is C6H14N2. The summed E-state index contributed by atoms with van der Waals surface area (Å²) in [5.74, 6) is 0. The molecule has 0 bridgehead atoms. The summed E-state index contributed by atoms with van der Waals surface area (Å²) in [6, 6.07) is 0. The zero-order valence-electron chi connectivity index (χ0n) is 5.35. The van der Waals surface area contributed by atoms with Crippen LogP contribution < -0.4 is 11.5 Å². The number of nitrogens with two attached hydrogens (primary N) is 2. The molecule has 0 saturated heterocycles. The highest BCUT2D eigenvalue weighted by molar-refractivity contribution is 4.88. The molecule has 8 heavy (non-hydrogen) atoms. The summed E-state index contributed by atoms with van der Waals surface area (Å²) >= 11 is 0. The van der Waals surface area contributed by atoms with E-state index in [1.165, 1.54) is 19.3 Å². The number of hydrogen-bond donors (Lipinski definition) is 2. The lowest BCUT2D eigenvalue weighted by atomic mass is 9.68. The van der Waals surface area contributed by atoms with Crippen LogP contribution in [-0.2, 0) is 0 Å². The van der Waals surface area contributed by atoms with Gasteiger partial charge in [-0.05, 0) is 18.3 Å². The fourth-order valence-electron chi connectivity index (χ4n) is 1.07. The van der Waals surface area contributed by atoms with E-state index in [4.69, 9.17) is 11.5 Å². The Bertz CT molecular complexity index is 84.5. The van der Waals surface area contributed by atoms with Crippen molar-refractivity contribution in [2.75, 3.05) is 0 Å². The van der Waals surface area contributed by atoms with Gasteiger partial charge in [-0.3, -0.25) is 0 Å². The molecule has 48 valence electrons. The van der Waals surface area contributed by atoms with Gasteiger partial charge in [0, 0.05) is 0 Å². The average Bonchev–Trinajstić information content (AvgIpc) is 1.60. The van der Waals surface area contributed by atoms with Crippen molar-refractivity contribution in [1.29, 1.82) is 0 Å². The predicted molar refractivity (Wildman–Crippen MR) is 34.1 cm³/mol.